The van der Waals surface area contributed by atoms with Crippen LogP contribution in [0.5, 0.6) is 0 Å². The summed E-state index contributed by atoms with van der Waals surface area (Å²) in [5.41, 5.74) is 4.24. The molecule has 1 unspecified atom stereocenters. The number of aromatic nitrogens is 2. The Hall–Kier alpha value is -2.69. The molecule has 5 heteroatoms. The number of hydrogen-bond donors (Lipinski definition) is 0. The van der Waals surface area contributed by atoms with Crippen molar-refractivity contribution >= 4 is 16.9 Å². The summed E-state index contributed by atoms with van der Waals surface area (Å²) in [6.07, 6.45) is 6.92. The molecule has 4 nitrogen and oxygen atoms in total. The second-order valence-corrected chi connectivity index (χ2v) is 7.33. The van der Waals surface area contributed by atoms with Crippen LogP contribution in [0, 0.1) is 12.7 Å². The number of benzene rings is 1. The smallest absolute Gasteiger partial charge is 0.242 e. The van der Waals surface area contributed by atoms with Crippen LogP contribution in [-0.2, 0) is 11.3 Å². The number of carbonyl (C=O) groups excluding carboxylic acids is 1. The van der Waals surface area contributed by atoms with Crippen molar-refractivity contribution < 1.29 is 9.18 Å². The molecule has 1 aromatic carbocycles. The molecule has 0 aliphatic carbocycles. The molecule has 140 valence electrons. The summed E-state index contributed by atoms with van der Waals surface area (Å²) in [5, 5.41) is 0. The van der Waals surface area contributed by atoms with E-state index >= 15 is 0 Å². The van der Waals surface area contributed by atoms with Crippen molar-refractivity contribution in [1.82, 2.24) is 14.5 Å². The van der Waals surface area contributed by atoms with Crippen molar-refractivity contribution in [1.29, 1.82) is 0 Å². The van der Waals surface area contributed by atoms with Gasteiger partial charge in [0.25, 0.3) is 0 Å². The van der Waals surface area contributed by atoms with Crippen LogP contribution in [0.4, 0.5) is 4.39 Å². The van der Waals surface area contributed by atoms with Crippen LogP contribution in [0.3, 0.4) is 0 Å². The molecule has 0 radical (unpaired) electrons. The summed E-state index contributed by atoms with van der Waals surface area (Å²) in [6.45, 7) is 5.08. The van der Waals surface area contributed by atoms with E-state index < -0.39 is 0 Å². The highest BCUT2D eigenvalue weighted by Crippen LogP contribution is 2.26. The minimum absolute atomic E-state index is 0.167. The average molecular weight is 365 g/mol. The SMILES string of the molecule is CCC1CCCN1C(=O)Cn1ccc2ncc(-c3ccc(F)c(C)c3)cc21. The van der Waals surface area contributed by atoms with E-state index in [1.807, 2.05) is 33.9 Å². The number of amides is 1. The third-order valence-electron chi connectivity index (χ3n) is 5.58. The van der Waals surface area contributed by atoms with Gasteiger partial charge in [0.05, 0.1) is 11.0 Å². The summed E-state index contributed by atoms with van der Waals surface area (Å²) in [7, 11) is 0. The monoisotopic (exact) mass is 365 g/mol. The van der Waals surface area contributed by atoms with E-state index in [4.69, 9.17) is 0 Å². The molecular weight excluding hydrogens is 341 g/mol. The molecule has 0 saturated carbocycles. The van der Waals surface area contributed by atoms with Gasteiger partial charge < -0.3 is 9.47 Å². The molecule has 4 rings (SSSR count). The first-order valence-electron chi connectivity index (χ1n) is 9.57. The van der Waals surface area contributed by atoms with Crippen molar-refractivity contribution in [2.75, 3.05) is 6.54 Å². The van der Waals surface area contributed by atoms with Crippen molar-refractivity contribution in [3.8, 4) is 11.1 Å². The van der Waals surface area contributed by atoms with E-state index in [9.17, 15) is 9.18 Å². The molecule has 0 N–H and O–H groups in total. The standard InChI is InChI=1S/C22H24FN3O/c1-3-18-5-4-9-26(18)22(27)14-25-10-8-20-21(25)12-17(13-24-20)16-6-7-19(23)15(2)11-16/h6-8,10-13,18H,3-5,9,14H2,1-2H3. The highest BCUT2D eigenvalue weighted by Gasteiger charge is 2.27. The number of likely N-dealkylation sites (tertiary alicyclic amines) is 1. The van der Waals surface area contributed by atoms with Gasteiger partial charge in [0, 0.05) is 30.5 Å². The van der Waals surface area contributed by atoms with Gasteiger partial charge in [-0.15, -0.1) is 0 Å². The Labute approximate surface area is 158 Å². The zero-order valence-corrected chi connectivity index (χ0v) is 15.8. The lowest BCUT2D eigenvalue weighted by molar-refractivity contribution is -0.132. The van der Waals surface area contributed by atoms with Gasteiger partial charge in [0.1, 0.15) is 12.4 Å². The van der Waals surface area contributed by atoms with Gasteiger partial charge >= 0.3 is 0 Å². The number of rotatable bonds is 4. The first-order valence-corrected chi connectivity index (χ1v) is 9.57. The van der Waals surface area contributed by atoms with E-state index in [2.05, 4.69) is 11.9 Å². The van der Waals surface area contributed by atoms with E-state index in [-0.39, 0.29) is 11.7 Å². The fraction of sp³-hybridized carbons (Fsp3) is 0.364. The highest BCUT2D eigenvalue weighted by atomic mass is 19.1. The summed E-state index contributed by atoms with van der Waals surface area (Å²) in [6, 6.07) is 9.41. The Morgan fingerprint density at radius 2 is 2.11 bits per heavy atom. The van der Waals surface area contributed by atoms with Crippen molar-refractivity contribution in [3.63, 3.8) is 0 Å². The number of aryl methyl sites for hydroxylation is 1. The molecule has 0 spiro atoms. The maximum Gasteiger partial charge on any atom is 0.242 e. The summed E-state index contributed by atoms with van der Waals surface area (Å²) < 4.78 is 15.5. The van der Waals surface area contributed by atoms with E-state index in [1.165, 1.54) is 6.07 Å². The molecule has 2 aromatic heterocycles. The van der Waals surface area contributed by atoms with Gasteiger partial charge in [-0.2, -0.15) is 0 Å². The predicted octanol–water partition coefficient (Wildman–Crippen LogP) is 4.55. The summed E-state index contributed by atoms with van der Waals surface area (Å²) >= 11 is 0. The molecule has 0 bridgehead atoms. The quantitative estimate of drug-likeness (QED) is 0.680. The lowest BCUT2D eigenvalue weighted by Crippen LogP contribution is -2.37. The Balaban J connectivity index is 1.64. The number of fused-ring (bicyclic) bond motifs is 1. The molecule has 1 fully saturated rings. The topological polar surface area (TPSA) is 38.1 Å². The molecule has 1 aliphatic rings. The van der Waals surface area contributed by atoms with Crippen LogP contribution in [0.1, 0.15) is 31.7 Å². The van der Waals surface area contributed by atoms with Gasteiger partial charge in [-0.25, -0.2) is 4.39 Å². The van der Waals surface area contributed by atoms with E-state index in [0.717, 1.165) is 48.0 Å². The normalized spacial score (nSPS) is 17.0. The minimum Gasteiger partial charge on any atom is -0.338 e. The van der Waals surface area contributed by atoms with E-state index in [1.54, 1.807) is 19.2 Å². The first-order chi connectivity index (χ1) is 13.1. The molecule has 1 saturated heterocycles. The maximum atomic E-state index is 13.6. The van der Waals surface area contributed by atoms with Gasteiger partial charge in [-0.1, -0.05) is 13.0 Å². The number of carbonyl (C=O) groups is 1. The zero-order valence-electron chi connectivity index (χ0n) is 15.8. The van der Waals surface area contributed by atoms with Crippen molar-refractivity contribution in [2.45, 2.75) is 45.7 Å². The lowest BCUT2D eigenvalue weighted by Gasteiger charge is -2.24. The predicted molar refractivity (Wildman–Crippen MR) is 105 cm³/mol. The number of nitrogens with zero attached hydrogens (tertiary/aromatic N) is 3. The number of pyridine rings is 1. The number of hydrogen-bond acceptors (Lipinski definition) is 2. The second kappa shape index (κ2) is 7.14. The van der Waals surface area contributed by atoms with Crippen LogP contribution in [-0.4, -0.2) is 32.9 Å². The molecule has 3 aromatic rings. The van der Waals surface area contributed by atoms with Crippen LogP contribution in [0.25, 0.3) is 22.2 Å². The largest absolute Gasteiger partial charge is 0.338 e. The van der Waals surface area contributed by atoms with Crippen molar-refractivity contribution in [2.24, 2.45) is 0 Å². The Bertz CT molecular complexity index is 994. The minimum atomic E-state index is -0.210. The Morgan fingerprint density at radius 1 is 1.26 bits per heavy atom. The highest BCUT2D eigenvalue weighted by molar-refractivity contribution is 5.84. The van der Waals surface area contributed by atoms with Crippen LogP contribution in [0.2, 0.25) is 0 Å². The molecule has 27 heavy (non-hydrogen) atoms. The summed E-state index contributed by atoms with van der Waals surface area (Å²) in [5.74, 6) is -0.0438. The zero-order chi connectivity index (χ0) is 19.0. The Morgan fingerprint density at radius 3 is 2.89 bits per heavy atom. The van der Waals surface area contributed by atoms with Gasteiger partial charge in [0.2, 0.25) is 5.91 Å². The Kier molecular flexibility index (Phi) is 4.68. The summed E-state index contributed by atoms with van der Waals surface area (Å²) in [4.78, 5) is 19.4. The van der Waals surface area contributed by atoms with Crippen LogP contribution < -0.4 is 0 Å². The fourth-order valence-electron chi connectivity index (χ4n) is 4.01. The van der Waals surface area contributed by atoms with Gasteiger partial charge in [-0.05, 0) is 61.6 Å². The molecule has 1 aliphatic heterocycles. The third kappa shape index (κ3) is 3.34. The fourth-order valence-corrected chi connectivity index (χ4v) is 4.01. The first kappa shape index (κ1) is 17.7. The second-order valence-electron chi connectivity index (χ2n) is 7.33. The van der Waals surface area contributed by atoms with Crippen LogP contribution in [0.15, 0.2) is 42.7 Å². The van der Waals surface area contributed by atoms with Gasteiger partial charge in [-0.3, -0.25) is 9.78 Å². The van der Waals surface area contributed by atoms with Gasteiger partial charge in [0.15, 0.2) is 0 Å². The molecule has 1 atom stereocenters. The van der Waals surface area contributed by atoms with Crippen LogP contribution >= 0.6 is 0 Å². The average Bonchev–Trinajstić information content (AvgIpc) is 3.30. The van der Waals surface area contributed by atoms with Crippen molar-refractivity contribution in [3.05, 3.63) is 54.1 Å². The van der Waals surface area contributed by atoms with E-state index in [0.29, 0.717) is 18.2 Å². The molecular formula is C22H24FN3O. The lowest BCUT2D eigenvalue weighted by atomic mass is 10.0. The maximum absolute atomic E-state index is 13.6. The molecule has 1 amide bonds. The third-order valence-corrected chi connectivity index (χ3v) is 5.58. The number of halogens is 1. The molecule has 3 heterocycles.